The van der Waals surface area contributed by atoms with E-state index in [0.29, 0.717) is 36.1 Å². The summed E-state index contributed by atoms with van der Waals surface area (Å²) in [6.07, 6.45) is 1.20. The van der Waals surface area contributed by atoms with Crippen LogP contribution >= 0.6 is 24.0 Å². The molecule has 0 aliphatic heterocycles. The number of halogens is 2. The van der Waals surface area contributed by atoms with Crippen LogP contribution in [0.5, 0.6) is 5.75 Å². The molecule has 0 radical (unpaired) electrons. The minimum atomic E-state index is -3.23. The number of nitrogens with zero attached hydrogens (tertiary/aromatic N) is 1. The Morgan fingerprint density at radius 2 is 1.69 bits per heavy atom. The van der Waals surface area contributed by atoms with Crippen LogP contribution in [-0.2, 0) is 22.9 Å². The molecule has 2 rings (SSSR count). The Morgan fingerprint density at radius 3 is 2.17 bits per heavy atom. The first-order chi connectivity index (χ1) is 13.2. The van der Waals surface area contributed by atoms with Gasteiger partial charge in [0.15, 0.2) is 27.4 Å². The van der Waals surface area contributed by atoms with E-state index >= 15 is 0 Å². The number of aryl methyl sites for hydroxylation is 1. The molecule has 0 fully saturated rings. The Kier molecular flexibility index (Phi) is 9.84. The van der Waals surface area contributed by atoms with Crippen molar-refractivity contribution in [3.8, 4) is 5.75 Å². The minimum Gasteiger partial charge on any atom is -0.491 e. The molecule has 0 heterocycles. The van der Waals surface area contributed by atoms with Crippen molar-refractivity contribution in [2.75, 3.05) is 19.9 Å². The van der Waals surface area contributed by atoms with Crippen LogP contribution in [0.25, 0.3) is 0 Å². The summed E-state index contributed by atoms with van der Waals surface area (Å²) >= 11 is 0. The average molecular weight is 535 g/mol. The van der Waals surface area contributed by atoms with Gasteiger partial charge < -0.3 is 15.4 Å². The highest BCUT2D eigenvalue weighted by Gasteiger charge is 2.11. The van der Waals surface area contributed by atoms with E-state index in [1.54, 1.807) is 45.2 Å². The van der Waals surface area contributed by atoms with Crippen LogP contribution in [0.3, 0.4) is 0 Å². The largest absolute Gasteiger partial charge is 0.491 e. The lowest BCUT2D eigenvalue weighted by molar-refractivity contribution is 0.321. The number of aliphatic imine (C=N–C) groups is 1. The maximum Gasteiger partial charge on any atom is 0.191 e. The number of rotatable bonds is 7. The molecule has 2 aromatic carbocycles. The Bertz CT molecular complexity index is 965. The van der Waals surface area contributed by atoms with E-state index in [0.717, 1.165) is 11.1 Å². The van der Waals surface area contributed by atoms with Crippen LogP contribution in [0.4, 0.5) is 4.39 Å². The second-order valence-electron chi connectivity index (χ2n) is 6.35. The van der Waals surface area contributed by atoms with Gasteiger partial charge in [-0.25, -0.2) is 12.8 Å². The molecule has 0 aliphatic rings. The topological polar surface area (TPSA) is 79.8 Å². The molecule has 0 unspecified atom stereocenters. The van der Waals surface area contributed by atoms with Crippen LogP contribution in [0.1, 0.15) is 23.6 Å². The fraction of sp³-hybridized carbons (Fsp3) is 0.350. The van der Waals surface area contributed by atoms with E-state index in [1.807, 2.05) is 6.07 Å². The van der Waals surface area contributed by atoms with Crippen LogP contribution < -0.4 is 15.4 Å². The SMILES string of the molecule is CCOc1ccc(CNC(=NC)NCc2ccc(S(C)(=O)=O)c(C)c2)cc1F.I. The van der Waals surface area contributed by atoms with E-state index < -0.39 is 15.7 Å². The standard InChI is InChI=1S/C20H26FN3O3S.HI/c1-5-27-18-8-6-16(11-17(18)21)13-24-20(22-3)23-12-15-7-9-19(14(2)10-15)28(4,25)26;/h6-11H,5,12-13H2,1-4H3,(H2,22,23,24);1H. The van der Waals surface area contributed by atoms with E-state index in [1.165, 1.54) is 12.3 Å². The highest BCUT2D eigenvalue weighted by atomic mass is 127. The van der Waals surface area contributed by atoms with Crippen LogP contribution in [0.2, 0.25) is 0 Å². The lowest BCUT2D eigenvalue weighted by atomic mass is 10.1. The fourth-order valence-electron chi connectivity index (χ4n) is 2.76. The zero-order valence-electron chi connectivity index (χ0n) is 17.0. The highest BCUT2D eigenvalue weighted by molar-refractivity contribution is 14.0. The molecule has 2 N–H and O–H groups in total. The second-order valence-corrected chi connectivity index (χ2v) is 8.33. The highest BCUT2D eigenvalue weighted by Crippen LogP contribution is 2.18. The quantitative estimate of drug-likeness (QED) is 0.323. The maximum atomic E-state index is 13.9. The van der Waals surface area contributed by atoms with E-state index in [4.69, 9.17) is 4.74 Å². The first-order valence-corrected chi connectivity index (χ1v) is 10.8. The third kappa shape index (κ3) is 7.46. The van der Waals surface area contributed by atoms with Gasteiger partial charge in [-0.2, -0.15) is 0 Å². The zero-order chi connectivity index (χ0) is 20.7. The molecule has 2 aromatic rings. The van der Waals surface area contributed by atoms with E-state index in [-0.39, 0.29) is 29.7 Å². The molecule has 9 heteroatoms. The number of nitrogens with one attached hydrogen (secondary N) is 2. The fourth-order valence-corrected chi connectivity index (χ4v) is 3.72. The summed E-state index contributed by atoms with van der Waals surface area (Å²) in [6, 6.07) is 10.0. The second kappa shape index (κ2) is 11.3. The molecule has 160 valence electrons. The summed E-state index contributed by atoms with van der Waals surface area (Å²) in [4.78, 5) is 4.48. The molecule has 0 atom stereocenters. The number of guanidine groups is 1. The van der Waals surface area contributed by atoms with Crippen molar-refractivity contribution in [2.24, 2.45) is 4.99 Å². The van der Waals surface area contributed by atoms with Gasteiger partial charge in [0.1, 0.15) is 0 Å². The first kappa shape index (κ1) is 25.2. The van der Waals surface area contributed by atoms with Gasteiger partial charge in [-0.1, -0.05) is 18.2 Å². The zero-order valence-corrected chi connectivity index (χ0v) is 20.1. The summed E-state index contributed by atoms with van der Waals surface area (Å²) in [5, 5.41) is 6.28. The van der Waals surface area contributed by atoms with Crippen LogP contribution in [0, 0.1) is 12.7 Å². The Morgan fingerprint density at radius 1 is 1.10 bits per heavy atom. The number of sulfone groups is 1. The van der Waals surface area contributed by atoms with Gasteiger partial charge in [0.25, 0.3) is 0 Å². The van der Waals surface area contributed by atoms with Crippen molar-refractivity contribution < 1.29 is 17.5 Å². The van der Waals surface area contributed by atoms with E-state index in [2.05, 4.69) is 15.6 Å². The molecule has 0 saturated carbocycles. The van der Waals surface area contributed by atoms with Gasteiger partial charge in [-0.05, 0) is 48.7 Å². The van der Waals surface area contributed by atoms with Crippen molar-refractivity contribution >= 4 is 39.8 Å². The van der Waals surface area contributed by atoms with Gasteiger partial charge >= 0.3 is 0 Å². The predicted molar refractivity (Wildman–Crippen MR) is 124 cm³/mol. The number of benzene rings is 2. The van der Waals surface area contributed by atoms with Crippen molar-refractivity contribution in [1.29, 1.82) is 0 Å². The molecular formula is C20H27FIN3O3S. The van der Waals surface area contributed by atoms with Crippen molar-refractivity contribution in [3.63, 3.8) is 0 Å². The summed E-state index contributed by atoms with van der Waals surface area (Å²) in [6.45, 7) is 4.86. The number of hydrogen-bond donors (Lipinski definition) is 2. The van der Waals surface area contributed by atoms with Gasteiger partial charge in [0, 0.05) is 26.4 Å². The van der Waals surface area contributed by atoms with Crippen LogP contribution in [-0.4, -0.2) is 34.3 Å². The minimum absolute atomic E-state index is 0. The van der Waals surface area contributed by atoms with Gasteiger partial charge in [0.2, 0.25) is 0 Å². The lowest BCUT2D eigenvalue weighted by Crippen LogP contribution is -2.36. The molecular weight excluding hydrogens is 508 g/mol. The van der Waals surface area contributed by atoms with Crippen LogP contribution in [0.15, 0.2) is 46.3 Å². The Balaban J connectivity index is 0.00000420. The van der Waals surface area contributed by atoms with Crippen molar-refractivity contribution in [3.05, 3.63) is 58.9 Å². The third-order valence-electron chi connectivity index (χ3n) is 4.08. The van der Waals surface area contributed by atoms with Gasteiger partial charge in [-0.3, -0.25) is 4.99 Å². The Labute approximate surface area is 188 Å². The average Bonchev–Trinajstić information content (AvgIpc) is 2.63. The van der Waals surface area contributed by atoms with Gasteiger partial charge in [-0.15, -0.1) is 24.0 Å². The Hall–Kier alpha value is -1.88. The van der Waals surface area contributed by atoms with Crippen molar-refractivity contribution in [2.45, 2.75) is 31.8 Å². The molecule has 0 bridgehead atoms. The molecule has 0 aromatic heterocycles. The third-order valence-corrected chi connectivity index (χ3v) is 5.34. The molecule has 0 saturated heterocycles. The smallest absolute Gasteiger partial charge is 0.191 e. The normalized spacial score (nSPS) is 11.6. The molecule has 0 aliphatic carbocycles. The van der Waals surface area contributed by atoms with E-state index in [9.17, 15) is 12.8 Å². The summed E-state index contributed by atoms with van der Waals surface area (Å²) in [7, 11) is -1.59. The summed E-state index contributed by atoms with van der Waals surface area (Å²) in [5.74, 6) is 0.395. The molecule has 6 nitrogen and oxygen atoms in total. The predicted octanol–water partition coefficient (Wildman–Crippen LogP) is 3.42. The lowest BCUT2D eigenvalue weighted by Gasteiger charge is -2.13. The summed E-state index contributed by atoms with van der Waals surface area (Å²) < 4.78 is 42.5. The van der Waals surface area contributed by atoms with Gasteiger partial charge in [0.05, 0.1) is 11.5 Å². The molecule has 29 heavy (non-hydrogen) atoms. The number of hydrogen-bond acceptors (Lipinski definition) is 4. The monoisotopic (exact) mass is 535 g/mol. The van der Waals surface area contributed by atoms with Crippen molar-refractivity contribution in [1.82, 2.24) is 10.6 Å². The summed E-state index contributed by atoms with van der Waals surface area (Å²) in [5.41, 5.74) is 2.40. The number of ether oxygens (including phenoxy) is 1. The first-order valence-electron chi connectivity index (χ1n) is 8.90. The molecule has 0 spiro atoms. The maximum absolute atomic E-state index is 13.9. The molecule has 0 amide bonds.